The minimum Gasteiger partial charge on any atom is -0.117 e. The van der Waals surface area contributed by atoms with Crippen molar-refractivity contribution in [2.24, 2.45) is 0 Å². The Kier molecular flexibility index (Phi) is 3.29. The maximum atomic E-state index is 5.19. The van der Waals surface area contributed by atoms with Gasteiger partial charge in [-0.05, 0) is 42.9 Å². The van der Waals surface area contributed by atoms with E-state index in [0.717, 1.165) is 4.20 Å². The predicted octanol–water partition coefficient (Wildman–Crippen LogP) is 3.34. The molecule has 0 fully saturated rings. The van der Waals surface area contributed by atoms with E-state index in [1.807, 2.05) is 6.26 Å². The molecule has 12 heavy (non-hydrogen) atoms. The van der Waals surface area contributed by atoms with E-state index in [4.69, 9.17) is 12.2 Å². The molecule has 0 unspecified atom stereocenters. The first-order valence-corrected chi connectivity index (χ1v) is 5.44. The highest BCUT2D eigenvalue weighted by molar-refractivity contribution is 8.23. The summed E-state index contributed by atoms with van der Waals surface area (Å²) in [7, 11) is 0. The Bertz CT molecular complexity index is 303. The van der Waals surface area contributed by atoms with Gasteiger partial charge in [0, 0.05) is 0 Å². The molecule has 1 aromatic rings. The summed E-state index contributed by atoms with van der Waals surface area (Å²) in [5.74, 6) is 0. The second-order valence-corrected chi connectivity index (χ2v) is 4.27. The zero-order chi connectivity index (χ0) is 9.14. The zero-order valence-electron chi connectivity index (χ0n) is 7.55. The summed E-state index contributed by atoms with van der Waals surface area (Å²) in [6.45, 7) is 4.23. The van der Waals surface area contributed by atoms with Crippen LogP contribution in [0.4, 0.5) is 0 Å². The molecular weight excluding hydrogens is 184 g/mol. The van der Waals surface area contributed by atoms with E-state index in [9.17, 15) is 0 Å². The molecule has 0 amide bonds. The second kappa shape index (κ2) is 4.06. The van der Waals surface area contributed by atoms with Crippen LogP contribution in [0.3, 0.4) is 0 Å². The molecule has 0 saturated carbocycles. The molecule has 2 heteroatoms. The SMILES string of the molecule is CSC(=S)c1ccc(C)c(C)c1. The summed E-state index contributed by atoms with van der Waals surface area (Å²) in [6.07, 6.45) is 2.01. The largest absolute Gasteiger partial charge is 0.117 e. The van der Waals surface area contributed by atoms with Crippen molar-refractivity contribution < 1.29 is 0 Å². The van der Waals surface area contributed by atoms with E-state index in [-0.39, 0.29) is 0 Å². The molecule has 0 aliphatic rings. The monoisotopic (exact) mass is 196 g/mol. The number of benzene rings is 1. The molecule has 0 nitrogen and oxygen atoms in total. The number of hydrogen-bond acceptors (Lipinski definition) is 2. The van der Waals surface area contributed by atoms with Gasteiger partial charge in [-0.25, -0.2) is 0 Å². The van der Waals surface area contributed by atoms with Crippen molar-refractivity contribution in [1.29, 1.82) is 0 Å². The fourth-order valence-corrected chi connectivity index (χ4v) is 1.48. The highest BCUT2D eigenvalue weighted by Crippen LogP contribution is 2.15. The van der Waals surface area contributed by atoms with Crippen molar-refractivity contribution in [2.45, 2.75) is 13.8 Å². The van der Waals surface area contributed by atoms with Crippen molar-refractivity contribution in [2.75, 3.05) is 6.26 Å². The topological polar surface area (TPSA) is 0 Å². The van der Waals surface area contributed by atoms with Crippen molar-refractivity contribution in [3.05, 3.63) is 34.9 Å². The third-order valence-electron chi connectivity index (χ3n) is 1.93. The molecule has 0 aliphatic carbocycles. The van der Waals surface area contributed by atoms with E-state index in [2.05, 4.69) is 32.0 Å². The molecule has 0 aliphatic heterocycles. The van der Waals surface area contributed by atoms with Crippen molar-refractivity contribution in [3.63, 3.8) is 0 Å². The summed E-state index contributed by atoms with van der Waals surface area (Å²) in [6, 6.07) is 6.35. The summed E-state index contributed by atoms with van der Waals surface area (Å²) in [5, 5.41) is 0. The van der Waals surface area contributed by atoms with Crippen LogP contribution in [0.15, 0.2) is 18.2 Å². The average Bonchev–Trinajstić information content (AvgIpc) is 2.08. The lowest BCUT2D eigenvalue weighted by Gasteiger charge is -2.03. The Hall–Kier alpha value is -0.340. The van der Waals surface area contributed by atoms with E-state index in [1.165, 1.54) is 16.7 Å². The number of rotatable bonds is 1. The Balaban J connectivity index is 3.05. The van der Waals surface area contributed by atoms with Crippen LogP contribution >= 0.6 is 24.0 Å². The van der Waals surface area contributed by atoms with Gasteiger partial charge in [0.15, 0.2) is 0 Å². The standard InChI is InChI=1S/C10H12S2/c1-7-4-5-9(6-8(7)2)10(11)12-3/h4-6H,1-3H3. The van der Waals surface area contributed by atoms with Crippen molar-refractivity contribution in [1.82, 2.24) is 0 Å². The summed E-state index contributed by atoms with van der Waals surface area (Å²) >= 11 is 6.81. The smallest absolute Gasteiger partial charge is 0.0775 e. The van der Waals surface area contributed by atoms with Crippen LogP contribution in [0.2, 0.25) is 0 Å². The molecule has 0 saturated heterocycles. The van der Waals surface area contributed by atoms with Gasteiger partial charge in [-0.3, -0.25) is 0 Å². The quantitative estimate of drug-likeness (QED) is 0.632. The Morgan fingerprint density at radius 1 is 1.25 bits per heavy atom. The van der Waals surface area contributed by atoms with Crippen LogP contribution in [0, 0.1) is 13.8 Å². The van der Waals surface area contributed by atoms with Gasteiger partial charge in [-0.1, -0.05) is 24.4 Å². The summed E-state index contributed by atoms with van der Waals surface area (Å²) in [4.78, 5) is 0. The first kappa shape index (κ1) is 9.75. The van der Waals surface area contributed by atoms with E-state index in [0.29, 0.717) is 0 Å². The normalized spacial score (nSPS) is 9.92. The zero-order valence-corrected chi connectivity index (χ0v) is 9.18. The Morgan fingerprint density at radius 3 is 2.42 bits per heavy atom. The number of thiocarbonyl (C=S) groups is 1. The lowest BCUT2D eigenvalue weighted by molar-refractivity contribution is 1.34. The van der Waals surface area contributed by atoms with Gasteiger partial charge in [0.05, 0.1) is 4.20 Å². The Labute approximate surface area is 83.4 Å². The van der Waals surface area contributed by atoms with Gasteiger partial charge in [0.1, 0.15) is 0 Å². The highest BCUT2D eigenvalue weighted by atomic mass is 32.2. The molecule has 0 heterocycles. The third kappa shape index (κ3) is 2.08. The predicted molar refractivity (Wildman–Crippen MR) is 61.1 cm³/mol. The van der Waals surface area contributed by atoms with Gasteiger partial charge < -0.3 is 0 Å². The maximum absolute atomic E-state index is 5.19. The van der Waals surface area contributed by atoms with Gasteiger partial charge >= 0.3 is 0 Å². The molecule has 0 N–H and O–H groups in total. The summed E-state index contributed by atoms with van der Waals surface area (Å²) < 4.78 is 0.970. The average molecular weight is 196 g/mol. The lowest BCUT2D eigenvalue weighted by Crippen LogP contribution is -1.92. The van der Waals surface area contributed by atoms with Gasteiger partial charge in [0.2, 0.25) is 0 Å². The molecule has 0 aromatic heterocycles. The number of hydrogen-bond donors (Lipinski definition) is 0. The van der Waals surface area contributed by atoms with Crippen LogP contribution in [0.25, 0.3) is 0 Å². The lowest BCUT2D eigenvalue weighted by atomic mass is 10.1. The van der Waals surface area contributed by atoms with E-state index in [1.54, 1.807) is 11.8 Å². The first-order valence-electron chi connectivity index (χ1n) is 3.80. The van der Waals surface area contributed by atoms with E-state index >= 15 is 0 Å². The molecule has 1 aromatic carbocycles. The summed E-state index contributed by atoms with van der Waals surface area (Å²) in [5.41, 5.74) is 3.80. The van der Waals surface area contributed by atoms with Crippen LogP contribution in [-0.4, -0.2) is 10.5 Å². The fourth-order valence-electron chi connectivity index (χ4n) is 0.986. The highest BCUT2D eigenvalue weighted by Gasteiger charge is 2.00. The van der Waals surface area contributed by atoms with Crippen molar-refractivity contribution >= 4 is 28.2 Å². The van der Waals surface area contributed by atoms with Crippen LogP contribution in [0.5, 0.6) is 0 Å². The maximum Gasteiger partial charge on any atom is 0.0775 e. The van der Waals surface area contributed by atoms with Gasteiger partial charge in [-0.2, -0.15) is 0 Å². The number of aryl methyl sites for hydroxylation is 2. The third-order valence-corrected chi connectivity index (χ3v) is 3.27. The van der Waals surface area contributed by atoms with Gasteiger partial charge in [0.25, 0.3) is 0 Å². The molecule has 0 radical (unpaired) electrons. The molecular formula is C10H12S2. The molecule has 0 spiro atoms. The minimum atomic E-state index is 0.970. The van der Waals surface area contributed by atoms with Crippen LogP contribution in [0.1, 0.15) is 16.7 Å². The number of thioether (sulfide) groups is 1. The minimum absolute atomic E-state index is 0.970. The molecule has 0 bridgehead atoms. The first-order chi connectivity index (χ1) is 5.65. The van der Waals surface area contributed by atoms with Gasteiger partial charge in [-0.15, -0.1) is 11.8 Å². The second-order valence-electron chi connectivity index (χ2n) is 2.79. The fraction of sp³-hybridized carbons (Fsp3) is 0.300. The molecule has 0 atom stereocenters. The molecule has 1 rings (SSSR count). The Morgan fingerprint density at radius 2 is 1.92 bits per heavy atom. The van der Waals surface area contributed by atoms with Crippen molar-refractivity contribution in [3.8, 4) is 0 Å². The van der Waals surface area contributed by atoms with Crippen LogP contribution < -0.4 is 0 Å². The van der Waals surface area contributed by atoms with Crippen LogP contribution in [-0.2, 0) is 0 Å². The van der Waals surface area contributed by atoms with E-state index < -0.39 is 0 Å². The molecule has 64 valence electrons.